The molecule has 0 bridgehead atoms. The molecule has 1 saturated heterocycles. The molecular formula is C17H23NO2. The third kappa shape index (κ3) is 2.47. The maximum atomic E-state index is 11.5. The van der Waals surface area contributed by atoms with Crippen molar-refractivity contribution in [3.05, 3.63) is 35.4 Å². The average Bonchev–Trinajstić information content (AvgIpc) is 2.51. The molecule has 1 atom stereocenters. The summed E-state index contributed by atoms with van der Waals surface area (Å²) in [6.45, 7) is -0.898. The number of carbonyl (C=O) groups excluding carboxylic acids is 1. The lowest BCUT2D eigenvalue weighted by Crippen LogP contribution is -2.46. The van der Waals surface area contributed by atoms with Crippen LogP contribution in [0, 0.1) is 11.3 Å². The number of nitrogens with one attached hydrogen (secondary N) is 1. The molecule has 1 N–H and O–H groups in total. The van der Waals surface area contributed by atoms with E-state index in [0.717, 1.165) is 37.8 Å². The quantitative estimate of drug-likeness (QED) is 0.842. The molecule has 2 fully saturated rings. The van der Waals surface area contributed by atoms with Crippen LogP contribution in [0.2, 0.25) is 0 Å². The normalized spacial score (nSPS) is 35.5. The molecule has 0 amide bonds. The summed E-state index contributed by atoms with van der Waals surface area (Å²) in [5, 5.41) is 3.52. The molecule has 20 heavy (non-hydrogen) atoms. The number of rotatable bonds is 2. The maximum Gasteiger partial charge on any atom is 0.337 e. The van der Waals surface area contributed by atoms with Crippen molar-refractivity contribution in [1.82, 2.24) is 5.32 Å². The highest BCUT2D eigenvalue weighted by atomic mass is 16.5. The van der Waals surface area contributed by atoms with Gasteiger partial charge in [0.2, 0.25) is 0 Å². The Bertz CT molecular complexity index is 576. The summed E-state index contributed by atoms with van der Waals surface area (Å²) in [6, 6.07) is 7.73. The van der Waals surface area contributed by atoms with Crippen LogP contribution in [0.1, 0.15) is 58.6 Å². The summed E-state index contributed by atoms with van der Waals surface area (Å²) in [6.07, 6.45) is 3.64. The third-order valence-corrected chi connectivity index (χ3v) is 4.78. The van der Waals surface area contributed by atoms with Gasteiger partial charge in [0.1, 0.15) is 0 Å². The van der Waals surface area contributed by atoms with Crippen LogP contribution < -0.4 is 5.32 Å². The van der Waals surface area contributed by atoms with E-state index >= 15 is 0 Å². The lowest BCUT2D eigenvalue weighted by Gasteiger charge is -2.51. The van der Waals surface area contributed by atoms with Crippen molar-refractivity contribution in [2.24, 2.45) is 11.3 Å². The Hall–Kier alpha value is -1.35. The van der Waals surface area contributed by atoms with Crippen LogP contribution >= 0.6 is 0 Å². The highest BCUT2D eigenvalue weighted by Gasteiger charge is 2.44. The first-order chi connectivity index (χ1) is 10.8. The van der Waals surface area contributed by atoms with Gasteiger partial charge in [-0.05, 0) is 61.3 Å². The lowest BCUT2D eigenvalue weighted by atomic mass is 9.57. The second-order valence-corrected chi connectivity index (χ2v) is 6.18. The molecule has 1 aromatic carbocycles. The van der Waals surface area contributed by atoms with E-state index in [4.69, 9.17) is 8.85 Å². The van der Waals surface area contributed by atoms with Crippen LogP contribution in [-0.4, -0.2) is 19.6 Å². The van der Waals surface area contributed by atoms with E-state index in [1.165, 1.54) is 7.11 Å². The molecular weight excluding hydrogens is 250 g/mol. The largest absolute Gasteiger partial charge is 0.465 e. The number of hydrogen-bond acceptors (Lipinski definition) is 3. The molecule has 108 valence electrons. The van der Waals surface area contributed by atoms with Crippen molar-refractivity contribution in [2.75, 3.05) is 13.7 Å². The number of piperidine rings is 1. The Labute approximate surface area is 124 Å². The van der Waals surface area contributed by atoms with Crippen LogP contribution in [0.5, 0.6) is 0 Å². The van der Waals surface area contributed by atoms with Gasteiger partial charge in [-0.15, -0.1) is 0 Å². The van der Waals surface area contributed by atoms with Crippen molar-refractivity contribution in [3.8, 4) is 0 Å². The maximum absolute atomic E-state index is 11.5. The van der Waals surface area contributed by atoms with E-state index in [2.05, 4.69) is 5.32 Å². The predicted octanol–water partition coefficient (Wildman–Crippen LogP) is 3.31. The first kappa shape index (κ1) is 10.4. The first-order valence-electron chi connectivity index (χ1n) is 8.75. The minimum absolute atomic E-state index is 0.136. The van der Waals surface area contributed by atoms with Crippen LogP contribution in [0.4, 0.5) is 0 Å². The number of ether oxygens (including phenoxy) is 1. The average molecular weight is 276 g/mol. The predicted molar refractivity (Wildman–Crippen MR) is 78.6 cm³/mol. The molecule has 3 rings (SSSR count). The van der Waals surface area contributed by atoms with Gasteiger partial charge in [-0.2, -0.15) is 0 Å². The topological polar surface area (TPSA) is 38.3 Å². The summed E-state index contributed by atoms with van der Waals surface area (Å²) in [4.78, 5) is 11.5. The molecule has 1 heterocycles. The van der Waals surface area contributed by atoms with E-state index < -0.39 is 6.85 Å². The van der Waals surface area contributed by atoms with E-state index in [-0.39, 0.29) is 23.3 Å². The van der Waals surface area contributed by atoms with Gasteiger partial charge in [0.25, 0.3) is 0 Å². The minimum atomic E-state index is -1.81. The van der Waals surface area contributed by atoms with Crippen LogP contribution in [0.15, 0.2) is 24.3 Å². The number of hydrogen-bond donors (Lipinski definition) is 1. The Morgan fingerprint density at radius 1 is 1.35 bits per heavy atom. The Balaban J connectivity index is 1.67. The van der Waals surface area contributed by atoms with Crippen LogP contribution in [-0.2, 0) is 4.74 Å². The van der Waals surface area contributed by atoms with Crippen molar-refractivity contribution >= 4 is 5.97 Å². The van der Waals surface area contributed by atoms with Crippen molar-refractivity contribution < 1.29 is 13.6 Å². The van der Waals surface area contributed by atoms with E-state index in [1.54, 1.807) is 12.1 Å². The molecule has 3 nitrogen and oxygen atoms in total. The second-order valence-electron chi connectivity index (χ2n) is 6.18. The van der Waals surface area contributed by atoms with Gasteiger partial charge in [-0.3, -0.25) is 0 Å². The smallest absolute Gasteiger partial charge is 0.337 e. The zero-order valence-corrected chi connectivity index (χ0v) is 11.8. The van der Waals surface area contributed by atoms with Gasteiger partial charge in [0.05, 0.1) is 12.7 Å². The van der Waals surface area contributed by atoms with Gasteiger partial charge in [0, 0.05) is 10.2 Å². The number of esters is 1. The number of benzene rings is 1. The fraction of sp³-hybridized carbons (Fsp3) is 0.588. The molecule has 1 spiro atoms. The fourth-order valence-electron chi connectivity index (χ4n) is 3.68. The zero-order valence-electron chi connectivity index (χ0n) is 14.8. The summed E-state index contributed by atoms with van der Waals surface area (Å²) in [5.41, 5.74) is 1.87. The Kier molecular flexibility index (Phi) is 2.71. The standard InChI is InChI=1S/C17H23NO2/c1-12-9-17(10-12)7-8-18-15(11-17)13-3-5-14(6-4-13)16(19)20-2/h3-6,12,15,18H,7-11H2,1-2H3/t12?,15-,17?/m0/s1/i1D3. The molecule has 3 heteroatoms. The van der Waals surface area contributed by atoms with Crippen molar-refractivity contribution in [3.63, 3.8) is 0 Å². The van der Waals surface area contributed by atoms with Gasteiger partial charge in [-0.25, -0.2) is 4.79 Å². The highest BCUT2D eigenvalue weighted by molar-refractivity contribution is 5.89. The van der Waals surface area contributed by atoms with E-state index in [0.29, 0.717) is 5.56 Å². The van der Waals surface area contributed by atoms with Gasteiger partial charge in [-0.1, -0.05) is 19.0 Å². The van der Waals surface area contributed by atoms with Gasteiger partial charge in [0.15, 0.2) is 0 Å². The highest BCUT2D eigenvalue weighted by Crippen LogP contribution is 2.54. The SMILES string of the molecule is [2H]C([2H])([2H])C1CC2(CCN[C@H](c3ccc(C(=O)OC)cc3)C2)C1. The van der Waals surface area contributed by atoms with Crippen molar-refractivity contribution in [1.29, 1.82) is 0 Å². The molecule has 2 aliphatic rings. The lowest BCUT2D eigenvalue weighted by molar-refractivity contribution is 0.0141. The molecule has 1 aliphatic carbocycles. The number of carbonyl (C=O) groups is 1. The summed E-state index contributed by atoms with van der Waals surface area (Å²) in [5.74, 6) is -0.466. The molecule has 0 aromatic heterocycles. The Morgan fingerprint density at radius 2 is 2.10 bits per heavy atom. The van der Waals surface area contributed by atoms with Crippen LogP contribution in [0.3, 0.4) is 0 Å². The van der Waals surface area contributed by atoms with Crippen molar-refractivity contribution in [2.45, 2.75) is 38.6 Å². The second kappa shape index (κ2) is 5.21. The molecule has 1 aliphatic heterocycles. The molecule has 1 aromatic rings. The van der Waals surface area contributed by atoms with E-state index in [9.17, 15) is 4.79 Å². The number of methoxy groups -OCH3 is 1. The van der Waals surface area contributed by atoms with Gasteiger partial charge < -0.3 is 10.1 Å². The third-order valence-electron chi connectivity index (χ3n) is 4.78. The van der Waals surface area contributed by atoms with Gasteiger partial charge >= 0.3 is 5.97 Å². The minimum Gasteiger partial charge on any atom is -0.465 e. The fourth-order valence-corrected chi connectivity index (χ4v) is 3.68. The molecule has 0 radical (unpaired) electrons. The molecule has 0 unspecified atom stereocenters. The monoisotopic (exact) mass is 276 g/mol. The summed E-state index contributed by atoms with van der Waals surface area (Å²) < 4.78 is 27.4. The Morgan fingerprint density at radius 3 is 2.75 bits per heavy atom. The zero-order chi connectivity index (χ0) is 16.7. The molecule has 1 saturated carbocycles. The summed E-state index contributed by atoms with van der Waals surface area (Å²) >= 11 is 0. The first-order valence-corrected chi connectivity index (χ1v) is 7.25. The van der Waals surface area contributed by atoms with Crippen LogP contribution in [0.25, 0.3) is 0 Å². The van der Waals surface area contributed by atoms with E-state index in [1.807, 2.05) is 12.1 Å². The summed E-state index contributed by atoms with van der Waals surface area (Å²) in [7, 11) is 1.38.